The van der Waals surface area contributed by atoms with Crippen molar-refractivity contribution in [2.24, 2.45) is 47.3 Å². The summed E-state index contributed by atoms with van der Waals surface area (Å²) in [6, 6.07) is 3.55. The minimum Gasteiger partial charge on any atom is -0.300 e. The van der Waals surface area contributed by atoms with Gasteiger partial charge in [0.1, 0.15) is 0 Å². The van der Waals surface area contributed by atoms with Gasteiger partial charge in [-0.3, -0.25) is 0 Å². The van der Waals surface area contributed by atoms with Crippen molar-refractivity contribution in [2.75, 3.05) is 14.1 Å². The van der Waals surface area contributed by atoms with E-state index >= 15 is 0 Å². The van der Waals surface area contributed by atoms with Gasteiger partial charge in [0.05, 0.1) is 0 Å². The Bertz CT molecular complexity index is 551. The second-order valence-corrected chi connectivity index (χ2v) is 13.2. The molecule has 0 aromatic rings. The zero-order valence-electron chi connectivity index (χ0n) is 22.8. The number of hydrogen-bond acceptors (Lipinski definition) is 2. The first-order chi connectivity index (χ1) is 14.5. The van der Waals surface area contributed by atoms with Crippen LogP contribution in [0.25, 0.3) is 0 Å². The molecule has 8 unspecified atom stereocenters. The van der Waals surface area contributed by atoms with E-state index in [1.165, 1.54) is 44.9 Å². The van der Waals surface area contributed by atoms with Crippen molar-refractivity contribution in [1.82, 2.24) is 9.80 Å². The Morgan fingerprint density at radius 2 is 0.909 bits per heavy atom. The second kappa shape index (κ2) is 12.8. The van der Waals surface area contributed by atoms with E-state index in [-0.39, 0.29) is 14.9 Å². The van der Waals surface area contributed by atoms with Crippen molar-refractivity contribution in [1.29, 1.82) is 0 Å². The van der Waals surface area contributed by atoms with E-state index in [1.807, 2.05) is 0 Å². The molecule has 0 N–H and O–H groups in total. The molecule has 0 radical (unpaired) electrons. The molecule has 4 bridgehead atoms. The van der Waals surface area contributed by atoms with Gasteiger partial charge in [-0.2, -0.15) is 0 Å². The normalized spacial score (nSPS) is 38.7. The predicted molar refractivity (Wildman–Crippen MR) is 150 cm³/mol. The molecule has 4 heterocycles. The van der Waals surface area contributed by atoms with E-state index in [0.717, 1.165) is 71.5 Å². The highest BCUT2D eigenvalue weighted by atomic mass is 15.2. The van der Waals surface area contributed by atoms with Crippen LogP contribution in [0, 0.1) is 47.3 Å². The Morgan fingerprint density at radius 3 is 1.30 bits per heavy atom. The lowest BCUT2D eigenvalue weighted by Crippen LogP contribution is -2.57. The molecule has 0 aliphatic carbocycles. The number of nitrogens with zero attached hydrogens (tertiary/aromatic N) is 2. The van der Waals surface area contributed by atoms with Crippen LogP contribution in [0.1, 0.15) is 115 Å². The third-order valence-corrected chi connectivity index (χ3v) is 10.2. The molecule has 0 amide bonds. The van der Waals surface area contributed by atoms with Gasteiger partial charge in [0.15, 0.2) is 0 Å². The molecule has 4 rings (SSSR count). The summed E-state index contributed by atoms with van der Waals surface area (Å²) >= 11 is 0. The van der Waals surface area contributed by atoms with Gasteiger partial charge < -0.3 is 9.80 Å². The highest BCUT2D eigenvalue weighted by Crippen LogP contribution is 2.47. The van der Waals surface area contributed by atoms with Gasteiger partial charge in [-0.05, 0) is 100.0 Å². The first-order valence-electron chi connectivity index (χ1n) is 14.0. The van der Waals surface area contributed by atoms with Crippen molar-refractivity contribution >= 4 is 0 Å². The lowest BCUT2D eigenvalue weighted by Gasteiger charge is -2.54. The summed E-state index contributed by atoms with van der Waals surface area (Å²) in [5.74, 6) is 7.24. The Hall–Kier alpha value is -0.0800. The summed E-state index contributed by atoms with van der Waals surface area (Å²) in [5.41, 5.74) is 0. The van der Waals surface area contributed by atoms with Crippen LogP contribution in [-0.4, -0.2) is 48.1 Å². The Morgan fingerprint density at radius 1 is 0.515 bits per heavy atom. The van der Waals surface area contributed by atoms with Crippen LogP contribution < -0.4 is 0 Å². The molecule has 0 saturated carbocycles. The van der Waals surface area contributed by atoms with E-state index in [1.54, 1.807) is 0 Å². The lowest BCUT2D eigenvalue weighted by atomic mass is 9.64. The van der Waals surface area contributed by atoms with E-state index in [0.29, 0.717) is 0 Å². The highest BCUT2D eigenvalue weighted by molar-refractivity contribution is 5.00. The topological polar surface area (TPSA) is 6.48 Å². The Labute approximate surface area is 210 Å². The lowest BCUT2D eigenvalue weighted by molar-refractivity contribution is -0.0465. The molecule has 8 atom stereocenters. The first kappa shape index (κ1) is 31.0. The fourth-order valence-electron chi connectivity index (χ4n) is 8.60. The minimum atomic E-state index is 0. The number of rotatable bonds is 4. The van der Waals surface area contributed by atoms with Crippen LogP contribution in [0.3, 0.4) is 0 Å². The van der Waals surface area contributed by atoms with Gasteiger partial charge in [0.2, 0.25) is 0 Å². The monoisotopic (exact) mass is 465 g/mol. The molecule has 2 nitrogen and oxygen atoms in total. The van der Waals surface area contributed by atoms with Gasteiger partial charge in [-0.1, -0.05) is 76.7 Å². The molecule has 198 valence electrons. The van der Waals surface area contributed by atoms with Gasteiger partial charge in [0, 0.05) is 24.2 Å². The van der Waals surface area contributed by atoms with Gasteiger partial charge in [-0.15, -0.1) is 0 Å². The van der Waals surface area contributed by atoms with Crippen LogP contribution in [0.4, 0.5) is 0 Å². The molecule has 33 heavy (non-hydrogen) atoms. The summed E-state index contributed by atoms with van der Waals surface area (Å²) in [4.78, 5) is 5.40. The van der Waals surface area contributed by atoms with Crippen LogP contribution in [0.15, 0.2) is 0 Å². The van der Waals surface area contributed by atoms with Crippen LogP contribution >= 0.6 is 0 Å². The molecule has 2 heteroatoms. The molecule has 4 aliphatic heterocycles. The summed E-state index contributed by atoms with van der Waals surface area (Å²) in [6.45, 7) is 19.4. The highest BCUT2D eigenvalue weighted by Gasteiger charge is 2.47. The minimum absolute atomic E-state index is 0. The average molecular weight is 465 g/mol. The summed E-state index contributed by atoms with van der Waals surface area (Å²) < 4.78 is 0. The maximum atomic E-state index is 2.72. The fraction of sp³-hybridized carbons (Fsp3) is 1.00. The average Bonchev–Trinajstić information content (AvgIpc) is 2.89. The van der Waals surface area contributed by atoms with Gasteiger partial charge >= 0.3 is 0 Å². The van der Waals surface area contributed by atoms with Crippen LogP contribution in [-0.2, 0) is 0 Å². The van der Waals surface area contributed by atoms with Crippen molar-refractivity contribution in [2.45, 2.75) is 139 Å². The predicted octanol–water partition coefficient (Wildman–Crippen LogP) is 8.46. The molecule has 4 fully saturated rings. The maximum Gasteiger partial charge on any atom is 0.0129 e. The Kier molecular flexibility index (Phi) is 12.0. The standard InChI is InChI=1S/C15H29N.C14H27N.2CH4/c1-10(2)13-9-12-7-6-8-14(16(12)5)15(13)11(3)4;1-9(2)12-8-11-6-7-13(15(11)5)14(12)10(3)4;;/h10-15H,6-9H2,1-5H3;9-14H,6-8H2,1-5H3;2*1H4. The van der Waals surface area contributed by atoms with Crippen molar-refractivity contribution in [3.05, 3.63) is 0 Å². The fourth-order valence-corrected chi connectivity index (χ4v) is 8.60. The molecular formula is C31H64N2. The Balaban J connectivity index is 0.000000312. The van der Waals surface area contributed by atoms with E-state index in [9.17, 15) is 0 Å². The van der Waals surface area contributed by atoms with E-state index < -0.39 is 0 Å². The van der Waals surface area contributed by atoms with Crippen molar-refractivity contribution < 1.29 is 0 Å². The molecule has 4 aliphatic rings. The number of fused-ring (bicyclic) bond motifs is 4. The third-order valence-electron chi connectivity index (χ3n) is 10.2. The SMILES string of the molecule is C.C.CC(C)C1CC2CCC(C1C(C)C)N2C.CC(C)C1CC2CCCC(C1C(C)C)N2C. The first-order valence-corrected chi connectivity index (χ1v) is 14.0. The van der Waals surface area contributed by atoms with Crippen molar-refractivity contribution in [3.63, 3.8) is 0 Å². The molecule has 4 saturated heterocycles. The summed E-state index contributed by atoms with van der Waals surface area (Å²) in [5, 5.41) is 0. The molecule has 0 aromatic carbocycles. The maximum absolute atomic E-state index is 2.72. The largest absolute Gasteiger partial charge is 0.300 e. The van der Waals surface area contributed by atoms with Gasteiger partial charge in [0.25, 0.3) is 0 Å². The zero-order valence-corrected chi connectivity index (χ0v) is 22.8. The van der Waals surface area contributed by atoms with Gasteiger partial charge in [-0.25, -0.2) is 0 Å². The zero-order chi connectivity index (χ0) is 23.0. The van der Waals surface area contributed by atoms with E-state index in [2.05, 4.69) is 79.3 Å². The van der Waals surface area contributed by atoms with Crippen molar-refractivity contribution in [3.8, 4) is 0 Å². The second-order valence-electron chi connectivity index (χ2n) is 13.2. The number of hydrogen-bond donors (Lipinski definition) is 0. The molecule has 0 aromatic heterocycles. The number of piperidine rings is 3. The quantitative estimate of drug-likeness (QED) is 0.411. The smallest absolute Gasteiger partial charge is 0.0129 e. The van der Waals surface area contributed by atoms with Crippen LogP contribution in [0.5, 0.6) is 0 Å². The summed E-state index contributed by atoms with van der Waals surface area (Å²) in [6.07, 6.45) is 10.2. The molecule has 0 spiro atoms. The third kappa shape index (κ3) is 6.38. The summed E-state index contributed by atoms with van der Waals surface area (Å²) in [7, 11) is 4.73. The van der Waals surface area contributed by atoms with E-state index in [4.69, 9.17) is 0 Å². The molecular weight excluding hydrogens is 400 g/mol. The van der Waals surface area contributed by atoms with Crippen LogP contribution in [0.2, 0.25) is 0 Å².